The maximum atomic E-state index is 12.3. The number of rotatable bonds is 3. The summed E-state index contributed by atoms with van der Waals surface area (Å²) in [7, 11) is 0. The van der Waals surface area contributed by atoms with E-state index in [4.69, 9.17) is 0 Å². The summed E-state index contributed by atoms with van der Waals surface area (Å²) in [5, 5.41) is 3.37. The van der Waals surface area contributed by atoms with Gasteiger partial charge in [-0.2, -0.15) is 0 Å². The Hall–Kier alpha value is -0.570. The van der Waals surface area contributed by atoms with Crippen LogP contribution in [0, 0.1) is 5.92 Å². The summed E-state index contributed by atoms with van der Waals surface area (Å²) in [5.74, 6) is 1.12. The highest BCUT2D eigenvalue weighted by Gasteiger charge is 2.29. The molecule has 1 N–H and O–H groups in total. The van der Waals surface area contributed by atoms with Gasteiger partial charge in [0.05, 0.1) is 0 Å². The fraction of sp³-hybridized carbons (Fsp3) is 0.929. The van der Waals surface area contributed by atoms with E-state index in [9.17, 15) is 4.79 Å². The Morgan fingerprint density at radius 2 is 1.94 bits per heavy atom. The van der Waals surface area contributed by atoms with Gasteiger partial charge in [-0.15, -0.1) is 0 Å². The third kappa shape index (κ3) is 3.21. The van der Waals surface area contributed by atoms with Crippen molar-refractivity contribution in [2.24, 2.45) is 5.92 Å². The van der Waals surface area contributed by atoms with E-state index in [-0.39, 0.29) is 0 Å². The van der Waals surface area contributed by atoms with Crippen molar-refractivity contribution >= 4 is 5.91 Å². The number of nitrogens with one attached hydrogen (secondary N) is 1. The number of piperidine rings is 1. The fourth-order valence-corrected chi connectivity index (χ4v) is 3.33. The maximum absolute atomic E-state index is 12.3. The Labute approximate surface area is 105 Å². The standard InChI is InChI=1S/C14H26N2O/c1-11-4-3-5-12(2)16(11)14(17)7-6-13-8-9-15-10-13/h11-13,15H,3-10H2,1-2H3/t11-,12+,13?. The van der Waals surface area contributed by atoms with Crippen LogP contribution in [0.5, 0.6) is 0 Å². The monoisotopic (exact) mass is 238 g/mol. The van der Waals surface area contributed by atoms with Gasteiger partial charge in [-0.3, -0.25) is 4.79 Å². The summed E-state index contributed by atoms with van der Waals surface area (Å²) < 4.78 is 0. The molecule has 2 fully saturated rings. The van der Waals surface area contributed by atoms with Gasteiger partial charge in [-0.1, -0.05) is 0 Å². The van der Waals surface area contributed by atoms with Gasteiger partial charge < -0.3 is 10.2 Å². The zero-order chi connectivity index (χ0) is 12.3. The van der Waals surface area contributed by atoms with E-state index in [1.165, 1.54) is 25.7 Å². The molecule has 2 aliphatic heterocycles. The molecule has 1 amide bonds. The molecule has 0 aromatic heterocycles. The number of nitrogens with zero attached hydrogens (tertiary/aromatic N) is 1. The van der Waals surface area contributed by atoms with Crippen molar-refractivity contribution in [1.29, 1.82) is 0 Å². The number of hydrogen-bond acceptors (Lipinski definition) is 2. The average molecular weight is 238 g/mol. The maximum Gasteiger partial charge on any atom is 0.223 e. The van der Waals surface area contributed by atoms with Crippen LogP contribution < -0.4 is 5.32 Å². The third-order valence-electron chi connectivity index (χ3n) is 4.41. The van der Waals surface area contributed by atoms with Gasteiger partial charge in [-0.25, -0.2) is 0 Å². The quantitative estimate of drug-likeness (QED) is 0.817. The van der Waals surface area contributed by atoms with Gasteiger partial charge >= 0.3 is 0 Å². The second kappa shape index (κ2) is 5.85. The van der Waals surface area contributed by atoms with Crippen molar-refractivity contribution in [1.82, 2.24) is 10.2 Å². The van der Waals surface area contributed by atoms with Gasteiger partial charge in [0.15, 0.2) is 0 Å². The van der Waals surface area contributed by atoms with Gasteiger partial charge in [0, 0.05) is 18.5 Å². The van der Waals surface area contributed by atoms with Crippen LogP contribution in [-0.4, -0.2) is 36.0 Å². The molecule has 2 aliphatic rings. The van der Waals surface area contributed by atoms with E-state index in [0.717, 1.165) is 31.8 Å². The van der Waals surface area contributed by atoms with Crippen LogP contribution in [0.25, 0.3) is 0 Å². The Bertz CT molecular complexity index is 251. The summed E-state index contributed by atoms with van der Waals surface area (Å²) in [5.41, 5.74) is 0. The van der Waals surface area contributed by atoms with Crippen molar-refractivity contribution < 1.29 is 4.79 Å². The van der Waals surface area contributed by atoms with Gasteiger partial charge in [0.25, 0.3) is 0 Å². The Morgan fingerprint density at radius 3 is 2.53 bits per heavy atom. The second-order valence-electron chi connectivity index (χ2n) is 5.83. The van der Waals surface area contributed by atoms with E-state index in [1.807, 2.05) is 0 Å². The minimum Gasteiger partial charge on any atom is -0.337 e. The number of likely N-dealkylation sites (tertiary alicyclic amines) is 1. The predicted molar refractivity (Wildman–Crippen MR) is 69.8 cm³/mol. The molecule has 3 nitrogen and oxygen atoms in total. The lowest BCUT2D eigenvalue weighted by Gasteiger charge is -2.39. The minimum absolute atomic E-state index is 0.386. The Balaban J connectivity index is 1.80. The lowest BCUT2D eigenvalue weighted by atomic mass is 9.95. The molecule has 0 aromatic carbocycles. The van der Waals surface area contributed by atoms with Crippen LogP contribution in [0.4, 0.5) is 0 Å². The molecule has 3 heteroatoms. The Morgan fingerprint density at radius 1 is 1.24 bits per heavy atom. The highest BCUT2D eigenvalue weighted by atomic mass is 16.2. The molecule has 2 heterocycles. The molecule has 0 spiro atoms. The molecule has 0 saturated carbocycles. The summed E-state index contributed by atoms with van der Waals surface area (Å²) in [6.45, 7) is 6.64. The van der Waals surface area contributed by atoms with Crippen LogP contribution in [0.15, 0.2) is 0 Å². The zero-order valence-corrected chi connectivity index (χ0v) is 11.2. The zero-order valence-electron chi connectivity index (χ0n) is 11.2. The average Bonchev–Trinajstić information content (AvgIpc) is 2.79. The number of amides is 1. The molecule has 0 bridgehead atoms. The summed E-state index contributed by atoms with van der Waals surface area (Å²) in [6, 6.07) is 0.904. The van der Waals surface area contributed by atoms with Crippen molar-refractivity contribution in [2.75, 3.05) is 13.1 Å². The van der Waals surface area contributed by atoms with Crippen molar-refractivity contribution in [2.45, 2.75) is 64.5 Å². The molecule has 1 unspecified atom stereocenters. The van der Waals surface area contributed by atoms with Crippen LogP contribution >= 0.6 is 0 Å². The molecule has 0 radical (unpaired) electrons. The highest BCUT2D eigenvalue weighted by molar-refractivity contribution is 5.77. The van der Waals surface area contributed by atoms with Gasteiger partial charge in [0.1, 0.15) is 0 Å². The SMILES string of the molecule is C[C@@H]1CCC[C@H](C)N1C(=O)CCC1CCNC1. The number of carbonyl (C=O) groups excluding carboxylic acids is 1. The van der Waals surface area contributed by atoms with Crippen LogP contribution in [-0.2, 0) is 4.79 Å². The third-order valence-corrected chi connectivity index (χ3v) is 4.41. The molecule has 17 heavy (non-hydrogen) atoms. The van der Waals surface area contributed by atoms with E-state index >= 15 is 0 Å². The van der Waals surface area contributed by atoms with Gasteiger partial charge in [-0.05, 0) is 65.0 Å². The normalized spacial score (nSPS) is 34.0. The summed E-state index contributed by atoms with van der Waals surface area (Å²) in [4.78, 5) is 14.4. The smallest absolute Gasteiger partial charge is 0.223 e. The lowest BCUT2D eigenvalue weighted by molar-refractivity contribution is -0.137. The van der Waals surface area contributed by atoms with E-state index in [1.54, 1.807) is 0 Å². The first-order valence-corrected chi connectivity index (χ1v) is 7.20. The molecule has 3 atom stereocenters. The number of hydrogen-bond donors (Lipinski definition) is 1. The van der Waals surface area contributed by atoms with Crippen molar-refractivity contribution in [3.63, 3.8) is 0 Å². The second-order valence-corrected chi connectivity index (χ2v) is 5.83. The molecule has 0 aromatic rings. The molecule has 2 saturated heterocycles. The first kappa shape index (κ1) is 12.9. The first-order chi connectivity index (χ1) is 8.18. The van der Waals surface area contributed by atoms with Crippen LogP contribution in [0.1, 0.15) is 52.4 Å². The molecular weight excluding hydrogens is 212 g/mol. The van der Waals surface area contributed by atoms with Gasteiger partial charge in [0.2, 0.25) is 5.91 Å². The topological polar surface area (TPSA) is 32.3 Å². The lowest BCUT2D eigenvalue weighted by Crippen LogP contribution is -2.47. The Kier molecular flexibility index (Phi) is 4.43. The van der Waals surface area contributed by atoms with Crippen LogP contribution in [0.3, 0.4) is 0 Å². The molecule has 0 aliphatic carbocycles. The highest BCUT2D eigenvalue weighted by Crippen LogP contribution is 2.24. The van der Waals surface area contributed by atoms with Crippen molar-refractivity contribution in [3.05, 3.63) is 0 Å². The predicted octanol–water partition coefficient (Wildman–Crippen LogP) is 2.17. The number of carbonyl (C=O) groups is 1. The van der Waals surface area contributed by atoms with E-state index in [2.05, 4.69) is 24.1 Å². The fourth-order valence-electron chi connectivity index (χ4n) is 3.33. The summed E-state index contributed by atoms with van der Waals surface area (Å²) >= 11 is 0. The van der Waals surface area contributed by atoms with Crippen LogP contribution in [0.2, 0.25) is 0 Å². The largest absolute Gasteiger partial charge is 0.337 e. The summed E-state index contributed by atoms with van der Waals surface area (Å²) in [6.07, 6.45) is 6.71. The minimum atomic E-state index is 0.386. The molecular formula is C14H26N2O. The van der Waals surface area contributed by atoms with Crippen molar-refractivity contribution in [3.8, 4) is 0 Å². The first-order valence-electron chi connectivity index (χ1n) is 7.20. The molecule has 2 rings (SSSR count). The molecule has 98 valence electrons. The van der Waals surface area contributed by atoms with E-state index in [0.29, 0.717) is 18.0 Å². The van der Waals surface area contributed by atoms with E-state index < -0.39 is 0 Å².